The van der Waals surface area contributed by atoms with Crippen LogP contribution in [0.2, 0.25) is 0 Å². The Hall–Kier alpha value is -0.930. The summed E-state index contributed by atoms with van der Waals surface area (Å²) in [6.07, 6.45) is 4.23. The first-order valence-corrected chi connectivity index (χ1v) is 5.54. The van der Waals surface area contributed by atoms with Crippen molar-refractivity contribution in [3.63, 3.8) is 0 Å². The summed E-state index contributed by atoms with van der Waals surface area (Å²) in [4.78, 5) is 6.45. The van der Waals surface area contributed by atoms with Gasteiger partial charge in [0.1, 0.15) is 0 Å². The highest BCUT2D eigenvalue weighted by molar-refractivity contribution is 5.17. The van der Waals surface area contributed by atoms with Crippen molar-refractivity contribution in [1.29, 1.82) is 0 Å². The molecule has 2 heterocycles. The van der Waals surface area contributed by atoms with Crippen LogP contribution in [0.15, 0.2) is 24.5 Å². The zero-order valence-corrected chi connectivity index (χ0v) is 9.30. The molecule has 1 aliphatic rings. The van der Waals surface area contributed by atoms with Gasteiger partial charge in [-0.1, -0.05) is 6.07 Å². The number of nitrogens with zero attached hydrogens (tertiary/aromatic N) is 2. The predicted octanol–water partition coefficient (Wildman–Crippen LogP) is 1.60. The van der Waals surface area contributed by atoms with Crippen molar-refractivity contribution in [2.75, 3.05) is 6.54 Å². The Morgan fingerprint density at radius 1 is 1.53 bits per heavy atom. The molecule has 15 heavy (non-hydrogen) atoms. The van der Waals surface area contributed by atoms with Gasteiger partial charge in [-0.2, -0.15) is 0 Å². The molecule has 3 nitrogen and oxygen atoms in total. The first-order valence-electron chi connectivity index (χ1n) is 5.54. The van der Waals surface area contributed by atoms with E-state index in [9.17, 15) is 5.11 Å². The van der Waals surface area contributed by atoms with Gasteiger partial charge in [0, 0.05) is 25.0 Å². The minimum Gasteiger partial charge on any atom is -0.391 e. The lowest BCUT2D eigenvalue weighted by molar-refractivity contribution is 0.100. The number of aliphatic hydroxyl groups excluding tert-OH is 1. The molecule has 0 saturated carbocycles. The molecule has 1 fully saturated rings. The number of likely N-dealkylation sites (tertiary alicyclic amines) is 1. The quantitative estimate of drug-likeness (QED) is 0.798. The van der Waals surface area contributed by atoms with Gasteiger partial charge in [-0.15, -0.1) is 0 Å². The third-order valence-corrected chi connectivity index (χ3v) is 3.09. The van der Waals surface area contributed by atoms with Crippen molar-refractivity contribution >= 4 is 0 Å². The number of rotatable bonds is 2. The summed E-state index contributed by atoms with van der Waals surface area (Å²) in [5.41, 5.74) is 1.12. The molecule has 82 valence electrons. The standard InChI is InChI=1S/C12H18N2O/c1-9(2)14-7-5-11(15)12(14)10-4-3-6-13-8-10/h3-4,6,8-9,11-12,15H,5,7H2,1-2H3. The van der Waals surface area contributed by atoms with Crippen LogP contribution in [0, 0.1) is 0 Å². The topological polar surface area (TPSA) is 36.4 Å². The summed E-state index contributed by atoms with van der Waals surface area (Å²) in [6.45, 7) is 5.31. The van der Waals surface area contributed by atoms with Crippen LogP contribution in [0.5, 0.6) is 0 Å². The Kier molecular flexibility index (Phi) is 3.03. The SMILES string of the molecule is CC(C)N1CCC(O)C1c1cccnc1. The predicted molar refractivity (Wildman–Crippen MR) is 59.4 cm³/mol. The fourth-order valence-electron chi connectivity index (χ4n) is 2.34. The van der Waals surface area contributed by atoms with Crippen LogP contribution in [-0.4, -0.2) is 33.7 Å². The van der Waals surface area contributed by atoms with Crippen molar-refractivity contribution < 1.29 is 5.11 Å². The zero-order valence-electron chi connectivity index (χ0n) is 9.30. The average molecular weight is 206 g/mol. The van der Waals surface area contributed by atoms with E-state index in [-0.39, 0.29) is 12.1 Å². The lowest BCUT2D eigenvalue weighted by Gasteiger charge is -2.29. The maximum absolute atomic E-state index is 9.99. The van der Waals surface area contributed by atoms with Gasteiger partial charge >= 0.3 is 0 Å². The van der Waals surface area contributed by atoms with Crippen molar-refractivity contribution in [3.8, 4) is 0 Å². The van der Waals surface area contributed by atoms with E-state index in [1.807, 2.05) is 18.3 Å². The molecule has 0 aromatic carbocycles. The van der Waals surface area contributed by atoms with Crippen LogP contribution in [0.25, 0.3) is 0 Å². The molecular formula is C12H18N2O. The largest absolute Gasteiger partial charge is 0.391 e. The molecule has 0 spiro atoms. The van der Waals surface area contributed by atoms with Crippen molar-refractivity contribution in [2.45, 2.75) is 38.5 Å². The molecule has 1 N–H and O–H groups in total. The van der Waals surface area contributed by atoms with E-state index >= 15 is 0 Å². The zero-order chi connectivity index (χ0) is 10.8. The molecule has 1 aliphatic heterocycles. The molecule has 2 rings (SSSR count). The van der Waals surface area contributed by atoms with Gasteiger partial charge in [-0.25, -0.2) is 0 Å². The number of hydrogen-bond acceptors (Lipinski definition) is 3. The Balaban J connectivity index is 2.25. The van der Waals surface area contributed by atoms with E-state index in [0.717, 1.165) is 18.5 Å². The average Bonchev–Trinajstić information content (AvgIpc) is 2.61. The number of aromatic nitrogens is 1. The first kappa shape index (κ1) is 10.6. The Morgan fingerprint density at radius 2 is 2.33 bits per heavy atom. The van der Waals surface area contributed by atoms with Gasteiger partial charge in [-0.05, 0) is 31.9 Å². The third kappa shape index (κ3) is 2.03. The van der Waals surface area contributed by atoms with Gasteiger partial charge in [0.05, 0.1) is 12.1 Å². The number of hydrogen-bond donors (Lipinski definition) is 1. The number of pyridine rings is 1. The van der Waals surface area contributed by atoms with Crippen LogP contribution in [0.3, 0.4) is 0 Å². The van der Waals surface area contributed by atoms with E-state index < -0.39 is 0 Å². The smallest absolute Gasteiger partial charge is 0.0749 e. The minimum atomic E-state index is -0.253. The van der Waals surface area contributed by atoms with Crippen molar-refractivity contribution in [3.05, 3.63) is 30.1 Å². The molecule has 0 aliphatic carbocycles. The summed E-state index contributed by atoms with van der Waals surface area (Å²) in [5, 5.41) is 9.99. The fourth-order valence-corrected chi connectivity index (χ4v) is 2.34. The van der Waals surface area contributed by atoms with E-state index in [1.165, 1.54) is 0 Å². The molecule has 0 radical (unpaired) electrons. The van der Waals surface area contributed by atoms with Crippen LogP contribution >= 0.6 is 0 Å². The summed E-state index contributed by atoms with van der Waals surface area (Å²) in [5.74, 6) is 0. The molecule has 0 bridgehead atoms. The normalized spacial score (nSPS) is 27.5. The molecule has 1 saturated heterocycles. The highest BCUT2D eigenvalue weighted by Crippen LogP contribution is 2.33. The maximum Gasteiger partial charge on any atom is 0.0749 e. The third-order valence-electron chi connectivity index (χ3n) is 3.09. The van der Waals surface area contributed by atoms with Crippen LogP contribution < -0.4 is 0 Å². The molecule has 3 heteroatoms. The summed E-state index contributed by atoms with van der Waals surface area (Å²) < 4.78 is 0. The van der Waals surface area contributed by atoms with Gasteiger partial charge < -0.3 is 5.11 Å². The molecule has 1 aromatic rings. The van der Waals surface area contributed by atoms with Gasteiger partial charge in [0.15, 0.2) is 0 Å². The highest BCUT2D eigenvalue weighted by Gasteiger charge is 2.35. The lowest BCUT2D eigenvalue weighted by Crippen LogP contribution is -2.33. The second kappa shape index (κ2) is 4.29. The Bertz CT molecular complexity index is 313. The minimum absolute atomic E-state index is 0.124. The van der Waals surface area contributed by atoms with Crippen molar-refractivity contribution in [2.24, 2.45) is 0 Å². The van der Waals surface area contributed by atoms with Crippen molar-refractivity contribution in [1.82, 2.24) is 9.88 Å². The molecule has 1 aromatic heterocycles. The van der Waals surface area contributed by atoms with Crippen LogP contribution in [-0.2, 0) is 0 Å². The molecule has 2 atom stereocenters. The van der Waals surface area contributed by atoms with E-state index in [2.05, 4.69) is 23.7 Å². The van der Waals surface area contributed by atoms with Crippen LogP contribution in [0.1, 0.15) is 31.9 Å². The van der Waals surface area contributed by atoms with E-state index in [0.29, 0.717) is 6.04 Å². The summed E-state index contributed by atoms with van der Waals surface area (Å²) in [7, 11) is 0. The van der Waals surface area contributed by atoms with Gasteiger partial charge in [0.2, 0.25) is 0 Å². The fraction of sp³-hybridized carbons (Fsp3) is 0.583. The second-order valence-electron chi connectivity index (χ2n) is 4.42. The first-order chi connectivity index (χ1) is 7.20. The molecule has 2 unspecified atom stereocenters. The summed E-state index contributed by atoms with van der Waals surface area (Å²) >= 11 is 0. The monoisotopic (exact) mass is 206 g/mol. The Labute approximate surface area is 90.8 Å². The lowest BCUT2D eigenvalue weighted by atomic mass is 10.0. The van der Waals surface area contributed by atoms with Crippen LogP contribution in [0.4, 0.5) is 0 Å². The highest BCUT2D eigenvalue weighted by atomic mass is 16.3. The molecule has 0 amide bonds. The second-order valence-corrected chi connectivity index (χ2v) is 4.42. The van der Waals surface area contributed by atoms with Gasteiger partial charge in [0.25, 0.3) is 0 Å². The van der Waals surface area contributed by atoms with E-state index in [1.54, 1.807) is 6.20 Å². The summed E-state index contributed by atoms with van der Waals surface area (Å²) in [6, 6.07) is 4.56. The molecular weight excluding hydrogens is 188 g/mol. The maximum atomic E-state index is 9.99. The van der Waals surface area contributed by atoms with Gasteiger partial charge in [-0.3, -0.25) is 9.88 Å². The number of aliphatic hydroxyl groups is 1. The van der Waals surface area contributed by atoms with E-state index in [4.69, 9.17) is 0 Å². The Morgan fingerprint density at radius 3 is 2.93 bits per heavy atom.